The van der Waals surface area contributed by atoms with Crippen molar-refractivity contribution in [3.63, 3.8) is 0 Å². The Balaban J connectivity index is 1.57. The van der Waals surface area contributed by atoms with Crippen molar-refractivity contribution in [2.24, 2.45) is 5.92 Å². The topological polar surface area (TPSA) is 81.3 Å². The first-order chi connectivity index (χ1) is 16.4. The van der Waals surface area contributed by atoms with Crippen molar-refractivity contribution in [1.82, 2.24) is 24.5 Å². The second kappa shape index (κ2) is 10.9. The number of para-hydroxylation sites is 1. The van der Waals surface area contributed by atoms with E-state index < -0.39 is 0 Å². The van der Waals surface area contributed by atoms with Crippen molar-refractivity contribution in [2.75, 3.05) is 5.75 Å². The zero-order chi connectivity index (χ0) is 24.1. The molecular formula is C26H31N5O2S. The van der Waals surface area contributed by atoms with Crippen molar-refractivity contribution in [2.45, 2.75) is 57.8 Å². The van der Waals surface area contributed by atoms with Crippen LogP contribution in [0, 0.1) is 5.92 Å². The van der Waals surface area contributed by atoms with Gasteiger partial charge in [0.25, 0.3) is 5.56 Å². The molecule has 0 spiro atoms. The maximum Gasteiger partial charge on any atom is 0.263 e. The molecule has 1 unspecified atom stereocenters. The predicted molar refractivity (Wildman–Crippen MR) is 137 cm³/mol. The van der Waals surface area contributed by atoms with E-state index in [1.165, 1.54) is 18.2 Å². The van der Waals surface area contributed by atoms with Gasteiger partial charge in [-0.1, -0.05) is 80.9 Å². The number of nitrogens with zero attached hydrogens (tertiary/aromatic N) is 4. The molecule has 8 heteroatoms. The summed E-state index contributed by atoms with van der Waals surface area (Å²) < 4.78 is 3.52. The zero-order valence-corrected chi connectivity index (χ0v) is 20.7. The highest BCUT2D eigenvalue weighted by molar-refractivity contribution is 7.99. The number of thioether (sulfide) groups is 1. The first-order valence-corrected chi connectivity index (χ1v) is 12.8. The minimum Gasteiger partial charge on any atom is -0.353 e. The summed E-state index contributed by atoms with van der Waals surface area (Å²) in [4.78, 5) is 25.8. The number of carbonyl (C=O) groups is 1. The van der Waals surface area contributed by atoms with Crippen LogP contribution in [0.15, 0.2) is 64.5 Å². The van der Waals surface area contributed by atoms with Crippen LogP contribution in [0.5, 0.6) is 0 Å². The fraction of sp³-hybridized carbons (Fsp3) is 0.385. The van der Waals surface area contributed by atoms with Gasteiger partial charge in [0, 0.05) is 6.04 Å². The summed E-state index contributed by atoms with van der Waals surface area (Å²) in [5.74, 6) is 1.36. The van der Waals surface area contributed by atoms with Gasteiger partial charge in [0.05, 0.1) is 23.2 Å². The van der Waals surface area contributed by atoms with Crippen LogP contribution in [0.4, 0.5) is 0 Å². The van der Waals surface area contributed by atoms with Gasteiger partial charge in [-0.3, -0.25) is 18.6 Å². The number of rotatable bonds is 10. The minimum absolute atomic E-state index is 0.0271. The van der Waals surface area contributed by atoms with E-state index in [0.29, 0.717) is 28.8 Å². The maximum atomic E-state index is 13.3. The van der Waals surface area contributed by atoms with E-state index >= 15 is 0 Å². The van der Waals surface area contributed by atoms with Crippen molar-refractivity contribution in [1.29, 1.82) is 0 Å². The van der Waals surface area contributed by atoms with Crippen LogP contribution in [0.1, 0.15) is 45.6 Å². The SMILES string of the molecule is CC(C)CCCC(C)NC(=O)CSc1nnc2n(Cc3ccccc3)c(=O)c3ccccc3n12. The molecule has 178 valence electrons. The van der Waals surface area contributed by atoms with Gasteiger partial charge >= 0.3 is 0 Å². The Labute approximate surface area is 203 Å². The van der Waals surface area contributed by atoms with Crippen molar-refractivity contribution in [3.05, 3.63) is 70.5 Å². The van der Waals surface area contributed by atoms with Crippen LogP contribution in [0.25, 0.3) is 16.7 Å². The molecule has 0 radical (unpaired) electrons. The lowest BCUT2D eigenvalue weighted by Gasteiger charge is -2.14. The second-order valence-electron chi connectivity index (χ2n) is 9.09. The molecule has 0 saturated carbocycles. The van der Waals surface area contributed by atoms with Crippen LogP contribution in [-0.2, 0) is 11.3 Å². The van der Waals surface area contributed by atoms with Gasteiger partial charge in [0.1, 0.15) is 0 Å². The predicted octanol–water partition coefficient (Wildman–Crippen LogP) is 4.52. The Morgan fingerprint density at radius 2 is 1.74 bits per heavy atom. The molecule has 0 bridgehead atoms. The monoisotopic (exact) mass is 477 g/mol. The molecule has 2 aromatic carbocycles. The van der Waals surface area contributed by atoms with Gasteiger partial charge in [-0.2, -0.15) is 0 Å². The molecule has 34 heavy (non-hydrogen) atoms. The van der Waals surface area contributed by atoms with Crippen LogP contribution >= 0.6 is 11.8 Å². The number of fused-ring (bicyclic) bond motifs is 3. The molecule has 0 saturated heterocycles. The molecule has 1 N–H and O–H groups in total. The summed E-state index contributed by atoms with van der Waals surface area (Å²) in [7, 11) is 0. The fourth-order valence-electron chi connectivity index (χ4n) is 4.09. The van der Waals surface area contributed by atoms with E-state index in [2.05, 4.69) is 29.4 Å². The van der Waals surface area contributed by atoms with Crippen LogP contribution < -0.4 is 10.9 Å². The molecule has 4 rings (SSSR count). The van der Waals surface area contributed by atoms with Gasteiger partial charge in [-0.05, 0) is 37.0 Å². The van der Waals surface area contributed by atoms with E-state index in [4.69, 9.17) is 0 Å². The number of aromatic nitrogens is 4. The normalized spacial score (nSPS) is 12.5. The third kappa shape index (κ3) is 5.50. The number of carbonyl (C=O) groups excluding carboxylic acids is 1. The van der Waals surface area contributed by atoms with E-state index in [9.17, 15) is 9.59 Å². The highest BCUT2D eigenvalue weighted by Crippen LogP contribution is 2.22. The Morgan fingerprint density at radius 1 is 1.00 bits per heavy atom. The number of nitrogens with one attached hydrogen (secondary N) is 1. The van der Waals surface area contributed by atoms with E-state index in [1.807, 2.05) is 65.9 Å². The molecule has 0 aliphatic heterocycles. The summed E-state index contributed by atoms with van der Waals surface area (Å²) in [5.41, 5.74) is 1.63. The van der Waals surface area contributed by atoms with E-state index in [0.717, 1.165) is 23.9 Å². The third-order valence-corrected chi connectivity index (χ3v) is 6.75. The Kier molecular flexibility index (Phi) is 7.67. The van der Waals surface area contributed by atoms with Gasteiger partial charge in [-0.25, -0.2) is 0 Å². The molecular weight excluding hydrogens is 446 g/mol. The number of benzene rings is 2. The van der Waals surface area contributed by atoms with E-state index in [-0.39, 0.29) is 23.3 Å². The quantitative estimate of drug-likeness (QED) is 0.340. The number of amides is 1. The lowest BCUT2D eigenvalue weighted by Crippen LogP contribution is -2.33. The summed E-state index contributed by atoms with van der Waals surface area (Å²) >= 11 is 1.33. The number of hydrogen-bond acceptors (Lipinski definition) is 5. The largest absolute Gasteiger partial charge is 0.353 e. The molecule has 2 heterocycles. The van der Waals surface area contributed by atoms with Gasteiger partial charge in [0.2, 0.25) is 11.7 Å². The highest BCUT2D eigenvalue weighted by atomic mass is 32.2. The fourth-order valence-corrected chi connectivity index (χ4v) is 4.84. The third-order valence-electron chi connectivity index (χ3n) is 5.82. The van der Waals surface area contributed by atoms with Gasteiger partial charge in [-0.15, -0.1) is 10.2 Å². The summed E-state index contributed by atoms with van der Waals surface area (Å²) in [6, 6.07) is 17.4. The van der Waals surface area contributed by atoms with Gasteiger partial charge in [0.15, 0.2) is 5.16 Å². The van der Waals surface area contributed by atoms with Crippen LogP contribution in [0.3, 0.4) is 0 Å². The van der Waals surface area contributed by atoms with Crippen LogP contribution in [-0.4, -0.2) is 36.9 Å². The molecule has 1 amide bonds. The smallest absolute Gasteiger partial charge is 0.263 e. The Hall–Kier alpha value is -3.13. The second-order valence-corrected chi connectivity index (χ2v) is 10.0. The van der Waals surface area contributed by atoms with Gasteiger partial charge < -0.3 is 5.32 Å². The first-order valence-electron chi connectivity index (χ1n) is 11.8. The Morgan fingerprint density at radius 3 is 2.50 bits per heavy atom. The highest BCUT2D eigenvalue weighted by Gasteiger charge is 2.18. The van der Waals surface area contributed by atoms with Crippen LogP contribution in [0.2, 0.25) is 0 Å². The minimum atomic E-state index is -0.108. The Bertz CT molecular complexity index is 1330. The molecule has 7 nitrogen and oxygen atoms in total. The summed E-state index contributed by atoms with van der Waals surface area (Å²) in [6.45, 7) is 6.87. The maximum absolute atomic E-state index is 13.3. The summed E-state index contributed by atoms with van der Waals surface area (Å²) in [5, 5.41) is 13.0. The molecule has 0 fully saturated rings. The summed E-state index contributed by atoms with van der Waals surface area (Å²) in [6.07, 6.45) is 3.24. The average molecular weight is 478 g/mol. The molecule has 0 aliphatic rings. The van der Waals surface area contributed by atoms with E-state index in [1.54, 1.807) is 4.57 Å². The lowest BCUT2D eigenvalue weighted by atomic mass is 10.0. The average Bonchev–Trinajstić information content (AvgIpc) is 3.25. The zero-order valence-electron chi connectivity index (χ0n) is 19.9. The van der Waals surface area contributed by atoms with Crippen molar-refractivity contribution >= 4 is 34.3 Å². The molecule has 1 atom stereocenters. The lowest BCUT2D eigenvalue weighted by molar-refractivity contribution is -0.119. The molecule has 2 aromatic heterocycles. The molecule has 0 aliphatic carbocycles. The van der Waals surface area contributed by atoms with Crippen molar-refractivity contribution < 1.29 is 4.79 Å². The van der Waals surface area contributed by atoms with Crippen molar-refractivity contribution in [3.8, 4) is 0 Å². The number of hydrogen-bond donors (Lipinski definition) is 1. The molecule has 4 aromatic rings. The standard InChI is InChI=1S/C26H31N5O2S/c1-18(2)10-9-11-19(3)27-23(32)17-34-26-29-28-25-30(16-20-12-5-4-6-13-20)24(33)21-14-7-8-15-22(21)31(25)26/h4-8,12-15,18-19H,9-11,16-17H2,1-3H3,(H,27,32). The first kappa shape index (κ1) is 24.0.